The van der Waals surface area contributed by atoms with E-state index in [0.717, 1.165) is 31.7 Å². The molecule has 7 heteroatoms. The van der Waals surface area contributed by atoms with Gasteiger partial charge in [0.2, 0.25) is 0 Å². The average Bonchev–Trinajstić information content (AvgIpc) is 3.33. The van der Waals surface area contributed by atoms with E-state index in [4.69, 9.17) is 0 Å². The van der Waals surface area contributed by atoms with Crippen LogP contribution in [0, 0.1) is 38.5 Å². The first-order valence-corrected chi connectivity index (χ1v) is 45.1. The summed E-state index contributed by atoms with van der Waals surface area (Å²) in [5.74, 6) is 2.23. The summed E-state index contributed by atoms with van der Waals surface area (Å²) in [6.07, 6.45) is 17.8. The first-order chi connectivity index (χ1) is 29.9. The fraction of sp³-hybridized carbons (Fsp3) is 0.947. The molecule has 1 radical (unpaired) electrons. The van der Waals surface area contributed by atoms with Crippen molar-refractivity contribution in [3.8, 4) is 0 Å². The summed E-state index contributed by atoms with van der Waals surface area (Å²) < 4.78 is 2.47. The van der Waals surface area contributed by atoms with Gasteiger partial charge in [-0.25, -0.2) is 0 Å². The van der Waals surface area contributed by atoms with Crippen LogP contribution in [0.15, 0.2) is 0 Å². The average molecular weight is 1030 g/mol. The minimum absolute atomic E-state index is 0. The van der Waals surface area contributed by atoms with Crippen LogP contribution in [0.2, 0.25) is 123 Å². The molecule has 0 aliphatic heterocycles. The molecular weight excluding hydrogens is 905 g/mol. The number of hydrogen-bond donors (Lipinski definition) is 0. The Morgan fingerprint density at radius 2 is 0.344 bits per heavy atom. The van der Waals surface area contributed by atoms with Crippen molar-refractivity contribution >= 4 is 48.4 Å². The molecule has 0 aromatic carbocycles. The molecule has 0 bridgehead atoms. The zero-order valence-corrected chi connectivity index (χ0v) is 55.2. The Balaban J connectivity index is 0.000000923. The normalized spacial score (nSPS) is 20.4. The zero-order chi connectivity index (χ0) is 48.4. The predicted molar refractivity (Wildman–Crippen MR) is 313 cm³/mol. The van der Waals surface area contributed by atoms with Gasteiger partial charge in [0, 0.05) is 0 Å². The zero-order valence-electron chi connectivity index (χ0n) is 48.0. The maximum absolute atomic E-state index is 4.41. The van der Waals surface area contributed by atoms with E-state index < -0.39 is 48.4 Å². The first kappa shape index (κ1) is 65.8. The summed E-state index contributed by atoms with van der Waals surface area (Å²) in [6.45, 7) is 58.9. The molecule has 0 unspecified atom stereocenters. The molecule has 3 rings (SSSR count). The largest absolute Gasteiger partial charge is 3.00 e. The Kier molecular flexibility index (Phi) is 30.2. The standard InChI is InChI=1S/3C19H41Si2.Cr/c3*1-8-20(9-2,10-3)19(16-14-18(7)15-17-19)21(11-4,12-5)13-6;/h3*18H,7-17H2,1-6H3;/q3*-1;+3. The molecule has 0 saturated heterocycles. The third-order valence-corrected chi connectivity index (χ3v) is 73.2. The van der Waals surface area contributed by atoms with Crippen LogP contribution in [-0.4, -0.2) is 48.4 Å². The molecule has 3 fully saturated rings. The summed E-state index contributed by atoms with van der Waals surface area (Å²) in [6, 6.07) is 27.4. The van der Waals surface area contributed by atoms with E-state index in [1.807, 2.05) is 0 Å². The molecule has 64 heavy (non-hydrogen) atoms. The van der Waals surface area contributed by atoms with Gasteiger partial charge in [-0.2, -0.15) is 17.8 Å². The molecule has 0 aromatic rings. The van der Waals surface area contributed by atoms with Gasteiger partial charge in [-0.15, -0.1) is 0 Å². The quantitative estimate of drug-likeness (QED) is 0.0668. The Morgan fingerprint density at radius 1 is 0.250 bits per heavy atom. The van der Waals surface area contributed by atoms with Crippen molar-refractivity contribution in [2.24, 2.45) is 17.8 Å². The van der Waals surface area contributed by atoms with Crippen molar-refractivity contribution < 1.29 is 17.4 Å². The third-order valence-electron chi connectivity index (χ3n) is 24.1. The molecule has 0 atom stereocenters. The molecule has 0 heterocycles. The van der Waals surface area contributed by atoms with Gasteiger partial charge in [-0.1, -0.05) is 310 Å². The van der Waals surface area contributed by atoms with Crippen molar-refractivity contribution in [2.45, 2.75) is 324 Å². The van der Waals surface area contributed by atoms with E-state index in [2.05, 4.69) is 145 Å². The molecular formula is C57H123CrSi6. The Morgan fingerprint density at radius 3 is 0.422 bits per heavy atom. The van der Waals surface area contributed by atoms with Crippen molar-refractivity contribution in [3.05, 3.63) is 20.8 Å². The smallest absolute Gasteiger partial charge is 0.340 e. The van der Waals surface area contributed by atoms with Gasteiger partial charge in [0.25, 0.3) is 0 Å². The van der Waals surface area contributed by atoms with Crippen LogP contribution in [0.5, 0.6) is 0 Å². The second-order valence-electron chi connectivity index (χ2n) is 23.1. The van der Waals surface area contributed by atoms with Gasteiger partial charge in [0.05, 0.1) is 48.4 Å². The molecule has 3 aliphatic carbocycles. The molecule has 0 N–H and O–H groups in total. The van der Waals surface area contributed by atoms with Gasteiger partial charge in [-0.05, 0) is 14.0 Å². The van der Waals surface area contributed by atoms with Crippen LogP contribution in [0.1, 0.15) is 202 Å². The van der Waals surface area contributed by atoms with E-state index in [1.54, 1.807) is 38.5 Å². The second-order valence-corrected chi connectivity index (χ2v) is 58.5. The summed E-state index contributed by atoms with van der Waals surface area (Å²) in [5.41, 5.74) is 0. The van der Waals surface area contributed by atoms with E-state index in [-0.39, 0.29) is 17.4 Å². The van der Waals surface area contributed by atoms with Crippen LogP contribution in [0.3, 0.4) is 0 Å². The minimum atomic E-state index is -1.16. The van der Waals surface area contributed by atoms with Crippen LogP contribution >= 0.6 is 0 Å². The van der Waals surface area contributed by atoms with Gasteiger partial charge in [-0.3, -0.25) is 0 Å². The number of rotatable bonds is 24. The summed E-state index contributed by atoms with van der Waals surface area (Å²) in [5, 5.41) is 0. The molecule has 3 aliphatic rings. The maximum atomic E-state index is 4.41. The predicted octanol–water partition coefficient (Wildman–Crippen LogP) is 21.9. The summed E-state index contributed by atoms with van der Waals surface area (Å²) in [4.78, 5) is 0. The van der Waals surface area contributed by atoms with E-state index in [0.29, 0.717) is 0 Å². The van der Waals surface area contributed by atoms with Crippen molar-refractivity contribution in [2.75, 3.05) is 0 Å². The summed E-state index contributed by atoms with van der Waals surface area (Å²) in [7, 11) is -6.96. The van der Waals surface area contributed by atoms with Crippen molar-refractivity contribution in [1.29, 1.82) is 0 Å². The van der Waals surface area contributed by atoms with Crippen LogP contribution < -0.4 is 0 Å². The fourth-order valence-electron chi connectivity index (χ4n) is 19.0. The Labute approximate surface area is 425 Å². The van der Waals surface area contributed by atoms with Crippen LogP contribution in [0.25, 0.3) is 0 Å². The monoisotopic (exact) mass is 1030 g/mol. The molecule has 0 aromatic heterocycles. The summed E-state index contributed by atoms with van der Waals surface area (Å²) >= 11 is 0. The van der Waals surface area contributed by atoms with Crippen LogP contribution in [-0.2, 0) is 17.4 Å². The van der Waals surface area contributed by atoms with Gasteiger partial charge in [0.1, 0.15) is 0 Å². The minimum Gasteiger partial charge on any atom is -0.340 e. The third kappa shape index (κ3) is 11.9. The van der Waals surface area contributed by atoms with E-state index in [9.17, 15) is 0 Å². The van der Waals surface area contributed by atoms with Crippen molar-refractivity contribution in [1.82, 2.24) is 0 Å². The molecule has 381 valence electrons. The fourth-order valence-corrected chi connectivity index (χ4v) is 71.3. The number of hydrogen-bond acceptors (Lipinski definition) is 0. The molecule has 0 spiro atoms. The van der Waals surface area contributed by atoms with Crippen LogP contribution in [0.4, 0.5) is 0 Å². The van der Waals surface area contributed by atoms with Gasteiger partial charge < -0.3 is 20.8 Å². The van der Waals surface area contributed by atoms with E-state index in [1.165, 1.54) is 147 Å². The maximum Gasteiger partial charge on any atom is 3.00 e. The molecule has 3 saturated carbocycles. The van der Waals surface area contributed by atoms with Gasteiger partial charge >= 0.3 is 17.4 Å². The topological polar surface area (TPSA) is 0 Å². The van der Waals surface area contributed by atoms with E-state index >= 15 is 0 Å². The SMILES string of the molecule is [CH2-]C1CCC([Si](CC)(CC)CC)([Si](CC)(CC)CC)CC1.[CH2-]C1CCC([Si](CC)(CC)CC)([Si](CC)(CC)CC)CC1.[CH2-]C1CCC([Si](CC)(CC)CC)([Si](CC)(CC)CC)CC1.[Cr+3]. The molecule has 0 nitrogen and oxygen atoms in total. The second kappa shape index (κ2) is 29.4. The Hall–Kier alpha value is 1.83. The van der Waals surface area contributed by atoms with Crippen molar-refractivity contribution in [3.63, 3.8) is 0 Å². The Bertz CT molecular complexity index is 923. The molecule has 0 amide bonds. The first-order valence-electron chi connectivity index (χ1n) is 29.4. The van der Waals surface area contributed by atoms with Gasteiger partial charge in [0.15, 0.2) is 0 Å².